The fraction of sp³-hybridized carbons (Fsp3) is 0.321. The Balaban J connectivity index is 1.41. The highest BCUT2D eigenvalue weighted by atomic mass is 35.5. The number of carbonyl (C=O) groups is 2. The molecule has 3 aromatic heterocycles. The van der Waals surface area contributed by atoms with E-state index in [2.05, 4.69) is 10.3 Å². The summed E-state index contributed by atoms with van der Waals surface area (Å²) in [5.74, 6) is -0.0935. The van der Waals surface area contributed by atoms with Gasteiger partial charge in [-0.15, -0.1) is 11.3 Å². The average molecular weight is 574 g/mol. The summed E-state index contributed by atoms with van der Waals surface area (Å²) >= 11 is 7.16. The number of nitrogens with one attached hydrogen (secondary N) is 1. The van der Waals surface area contributed by atoms with Gasteiger partial charge in [0.15, 0.2) is 5.76 Å². The number of carbonyl (C=O) groups excluding carboxylic acids is 2. The SMILES string of the molecule is Cc1cc(OCc2ccc(C(=O)Nc3c(C(N)=O)sc4nc(C(F)F)cc(C5CC5)c34)o2)c(C(C)C)cc1Cl. The van der Waals surface area contributed by atoms with Crippen LogP contribution in [0.5, 0.6) is 5.75 Å². The predicted molar refractivity (Wildman–Crippen MR) is 146 cm³/mol. The summed E-state index contributed by atoms with van der Waals surface area (Å²) in [6.07, 6.45) is -1.12. The summed E-state index contributed by atoms with van der Waals surface area (Å²) in [7, 11) is 0. The van der Waals surface area contributed by atoms with E-state index < -0.39 is 18.2 Å². The van der Waals surface area contributed by atoms with E-state index in [0.717, 1.165) is 35.3 Å². The molecule has 0 saturated heterocycles. The lowest BCUT2D eigenvalue weighted by atomic mass is 10.0. The van der Waals surface area contributed by atoms with Crippen LogP contribution in [0.3, 0.4) is 0 Å². The van der Waals surface area contributed by atoms with Crippen LogP contribution < -0.4 is 15.8 Å². The van der Waals surface area contributed by atoms with Gasteiger partial charge in [0.2, 0.25) is 0 Å². The van der Waals surface area contributed by atoms with Gasteiger partial charge in [-0.25, -0.2) is 13.8 Å². The van der Waals surface area contributed by atoms with Crippen LogP contribution in [0.15, 0.2) is 34.7 Å². The number of halogens is 3. The van der Waals surface area contributed by atoms with Crippen molar-refractivity contribution in [1.29, 1.82) is 0 Å². The van der Waals surface area contributed by atoms with Gasteiger partial charge in [-0.05, 0) is 78.6 Å². The fourth-order valence-electron chi connectivity index (χ4n) is 4.42. The predicted octanol–water partition coefficient (Wildman–Crippen LogP) is 7.72. The van der Waals surface area contributed by atoms with E-state index in [1.54, 1.807) is 6.07 Å². The maximum absolute atomic E-state index is 13.5. The molecule has 0 bridgehead atoms. The number of aryl methyl sites for hydroxylation is 1. The average Bonchev–Trinajstić information content (AvgIpc) is 3.50. The quantitative estimate of drug-likeness (QED) is 0.213. The fourth-order valence-corrected chi connectivity index (χ4v) is 5.61. The number of benzene rings is 1. The maximum atomic E-state index is 13.5. The molecule has 0 spiro atoms. The lowest BCUT2D eigenvalue weighted by Crippen LogP contribution is -2.16. The molecule has 3 N–H and O–H groups in total. The molecule has 1 fully saturated rings. The van der Waals surface area contributed by atoms with Crippen molar-refractivity contribution in [2.45, 2.75) is 58.5 Å². The lowest BCUT2D eigenvalue weighted by molar-refractivity contribution is 0.0992. The summed E-state index contributed by atoms with van der Waals surface area (Å²) in [6.45, 7) is 6.04. The zero-order valence-corrected chi connectivity index (χ0v) is 23.0. The number of thiophene rings is 1. The molecule has 5 rings (SSSR count). The van der Waals surface area contributed by atoms with Crippen LogP contribution >= 0.6 is 22.9 Å². The van der Waals surface area contributed by atoms with E-state index in [-0.39, 0.29) is 45.3 Å². The van der Waals surface area contributed by atoms with Crippen molar-refractivity contribution in [3.05, 3.63) is 74.1 Å². The number of furan rings is 1. The first-order valence-corrected chi connectivity index (χ1v) is 13.6. The molecular weight excluding hydrogens is 548 g/mol. The maximum Gasteiger partial charge on any atom is 0.291 e. The third kappa shape index (κ3) is 5.49. The highest BCUT2D eigenvalue weighted by Crippen LogP contribution is 2.48. The first kappa shape index (κ1) is 27.1. The minimum Gasteiger partial charge on any atom is -0.485 e. The Morgan fingerprint density at radius 3 is 2.64 bits per heavy atom. The molecule has 39 heavy (non-hydrogen) atoms. The topological polar surface area (TPSA) is 107 Å². The molecule has 4 aromatic rings. The number of ether oxygens (including phenoxy) is 1. The van der Waals surface area contributed by atoms with Crippen LogP contribution in [0.1, 0.15) is 93.3 Å². The minimum atomic E-state index is -2.76. The van der Waals surface area contributed by atoms with Gasteiger partial charge in [0, 0.05) is 10.4 Å². The van der Waals surface area contributed by atoms with Crippen LogP contribution in [0.4, 0.5) is 14.5 Å². The molecule has 2 amide bonds. The molecule has 7 nitrogen and oxygen atoms in total. The molecule has 0 atom stereocenters. The normalized spacial score (nSPS) is 13.4. The first-order valence-electron chi connectivity index (χ1n) is 12.4. The van der Waals surface area contributed by atoms with Crippen molar-refractivity contribution in [1.82, 2.24) is 4.98 Å². The van der Waals surface area contributed by atoms with E-state index in [9.17, 15) is 18.4 Å². The molecule has 3 heterocycles. The first-order chi connectivity index (χ1) is 18.5. The van der Waals surface area contributed by atoms with E-state index in [4.69, 9.17) is 26.5 Å². The second-order valence-corrected chi connectivity index (χ2v) is 11.3. The Hall–Kier alpha value is -3.50. The Kier molecular flexibility index (Phi) is 7.35. The van der Waals surface area contributed by atoms with Crippen molar-refractivity contribution in [3.8, 4) is 5.75 Å². The van der Waals surface area contributed by atoms with Crippen molar-refractivity contribution in [2.75, 3.05) is 5.32 Å². The lowest BCUT2D eigenvalue weighted by Gasteiger charge is -2.15. The number of nitrogens with two attached hydrogens (primary N) is 1. The van der Waals surface area contributed by atoms with Crippen LogP contribution in [-0.4, -0.2) is 16.8 Å². The van der Waals surface area contributed by atoms with Crippen LogP contribution in [0.2, 0.25) is 5.02 Å². The van der Waals surface area contributed by atoms with Crippen LogP contribution in [0, 0.1) is 6.92 Å². The second-order valence-electron chi connectivity index (χ2n) is 9.86. The molecule has 1 saturated carbocycles. The Morgan fingerprint density at radius 1 is 1.26 bits per heavy atom. The Morgan fingerprint density at radius 2 is 2.00 bits per heavy atom. The van der Waals surface area contributed by atoms with Crippen LogP contribution in [0.25, 0.3) is 10.2 Å². The van der Waals surface area contributed by atoms with Gasteiger partial charge in [0.25, 0.3) is 18.2 Å². The minimum absolute atomic E-state index is 0.00938. The third-order valence-corrected chi connectivity index (χ3v) is 8.09. The standard InChI is InChI=1S/C28H26ClF2N3O4S/c1-12(2)16-9-18(29)13(3)8-21(16)37-11-15-6-7-20(38-15)27(36)34-23-22-17(14-4-5-14)10-19(25(30)31)33-28(22)39-24(23)26(32)35/h6-10,12,14,25H,4-5,11H2,1-3H3,(H2,32,35)(H,34,36). The number of amides is 2. The van der Waals surface area contributed by atoms with Gasteiger partial charge in [-0.3, -0.25) is 9.59 Å². The summed E-state index contributed by atoms with van der Waals surface area (Å²) in [6, 6.07) is 8.22. The van der Waals surface area contributed by atoms with E-state index in [1.807, 2.05) is 32.9 Å². The molecule has 1 aliphatic carbocycles. The second kappa shape index (κ2) is 10.6. The summed E-state index contributed by atoms with van der Waals surface area (Å²) in [5.41, 5.74) is 7.83. The molecular formula is C28H26ClF2N3O4S. The zero-order valence-electron chi connectivity index (χ0n) is 21.4. The highest BCUT2D eigenvalue weighted by molar-refractivity contribution is 7.21. The molecule has 0 unspecified atom stereocenters. The van der Waals surface area contributed by atoms with Gasteiger partial charge < -0.3 is 20.2 Å². The summed E-state index contributed by atoms with van der Waals surface area (Å²) < 4.78 is 38.7. The van der Waals surface area contributed by atoms with Gasteiger partial charge in [0.1, 0.15) is 33.5 Å². The molecule has 11 heteroatoms. The number of hydrogen-bond acceptors (Lipinski definition) is 6. The number of hydrogen-bond donors (Lipinski definition) is 2. The number of anilines is 1. The molecule has 1 aliphatic rings. The number of primary amides is 1. The summed E-state index contributed by atoms with van der Waals surface area (Å²) in [4.78, 5) is 29.7. The van der Waals surface area contributed by atoms with Gasteiger partial charge in [0.05, 0.1) is 5.69 Å². The highest BCUT2D eigenvalue weighted by Gasteiger charge is 2.32. The number of nitrogens with zero attached hydrogens (tertiary/aromatic N) is 1. The zero-order chi connectivity index (χ0) is 28.0. The Labute approximate surface area is 232 Å². The molecule has 0 radical (unpaired) electrons. The van der Waals surface area contributed by atoms with Crippen molar-refractivity contribution in [2.24, 2.45) is 5.73 Å². The third-order valence-electron chi connectivity index (χ3n) is 6.58. The van der Waals surface area contributed by atoms with E-state index in [0.29, 0.717) is 27.5 Å². The van der Waals surface area contributed by atoms with Crippen molar-refractivity contribution >= 4 is 50.7 Å². The molecule has 1 aromatic carbocycles. The van der Waals surface area contributed by atoms with E-state index >= 15 is 0 Å². The van der Waals surface area contributed by atoms with Crippen LogP contribution in [-0.2, 0) is 6.61 Å². The van der Waals surface area contributed by atoms with E-state index in [1.165, 1.54) is 12.1 Å². The van der Waals surface area contributed by atoms with Crippen molar-refractivity contribution < 1.29 is 27.5 Å². The number of pyridine rings is 1. The Bertz CT molecular complexity index is 1590. The molecule has 204 valence electrons. The smallest absolute Gasteiger partial charge is 0.291 e. The van der Waals surface area contributed by atoms with Gasteiger partial charge >= 0.3 is 0 Å². The van der Waals surface area contributed by atoms with Crippen molar-refractivity contribution in [3.63, 3.8) is 0 Å². The number of alkyl halides is 2. The van der Waals surface area contributed by atoms with Gasteiger partial charge in [-0.1, -0.05) is 25.4 Å². The number of rotatable bonds is 9. The monoisotopic (exact) mass is 573 g/mol. The number of aromatic nitrogens is 1. The number of fused-ring (bicyclic) bond motifs is 1. The summed E-state index contributed by atoms with van der Waals surface area (Å²) in [5, 5.41) is 3.84. The largest absolute Gasteiger partial charge is 0.485 e. The van der Waals surface area contributed by atoms with Gasteiger partial charge in [-0.2, -0.15) is 0 Å². The molecule has 0 aliphatic heterocycles.